The molecule has 0 N–H and O–H groups in total. The maximum absolute atomic E-state index is 12.8. The van der Waals surface area contributed by atoms with Gasteiger partial charge in [-0.3, -0.25) is 9.59 Å². The van der Waals surface area contributed by atoms with Crippen molar-refractivity contribution in [1.29, 1.82) is 0 Å². The first-order valence-electron chi connectivity index (χ1n) is 8.41. The molecule has 0 bridgehead atoms. The SMILES string of the molecule is CCN(CC)C1=CC(=O)c2c(C#Cc3ccccc3)cccc2C1=O. The Bertz CT molecular complexity index is 910. The highest BCUT2D eigenvalue weighted by Gasteiger charge is 2.29. The molecule has 0 heterocycles. The number of carbonyl (C=O) groups is 2. The van der Waals surface area contributed by atoms with Crippen LogP contribution in [0.2, 0.25) is 0 Å². The second-order valence-corrected chi connectivity index (χ2v) is 5.74. The fraction of sp³-hybridized carbons (Fsp3) is 0.182. The zero-order valence-corrected chi connectivity index (χ0v) is 14.4. The minimum Gasteiger partial charge on any atom is -0.369 e. The van der Waals surface area contributed by atoms with Gasteiger partial charge in [0.2, 0.25) is 5.78 Å². The van der Waals surface area contributed by atoms with Crippen LogP contribution in [0.15, 0.2) is 60.3 Å². The first-order chi connectivity index (χ1) is 12.2. The predicted octanol–water partition coefficient (Wildman–Crippen LogP) is 3.69. The van der Waals surface area contributed by atoms with Gasteiger partial charge in [-0.25, -0.2) is 0 Å². The number of hydrogen-bond acceptors (Lipinski definition) is 3. The van der Waals surface area contributed by atoms with Crippen molar-refractivity contribution in [3.05, 3.63) is 82.6 Å². The first-order valence-corrected chi connectivity index (χ1v) is 8.41. The van der Waals surface area contributed by atoms with Crippen molar-refractivity contribution in [2.45, 2.75) is 13.8 Å². The number of rotatable bonds is 3. The van der Waals surface area contributed by atoms with Gasteiger partial charge in [0.1, 0.15) is 0 Å². The molecule has 2 aromatic rings. The van der Waals surface area contributed by atoms with E-state index >= 15 is 0 Å². The highest BCUT2D eigenvalue weighted by molar-refractivity contribution is 6.25. The zero-order chi connectivity index (χ0) is 17.8. The molecule has 1 aliphatic rings. The van der Waals surface area contributed by atoms with Crippen LogP contribution in [0.3, 0.4) is 0 Å². The number of Topliss-reactive ketones (excluding diaryl/α,β-unsaturated/α-hetero) is 1. The van der Waals surface area contributed by atoms with E-state index in [-0.39, 0.29) is 11.6 Å². The maximum atomic E-state index is 12.8. The number of fused-ring (bicyclic) bond motifs is 1. The lowest BCUT2D eigenvalue weighted by Gasteiger charge is -2.26. The van der Waals surface area contributed by atoms with E-state index in [0.717, 1.165) is 5.56 Å². The molecule has 124 valence electrons. The smallest absolute Gasteiger partial charge is 0.209 e. The third-order valence-corrected chi connectivity index (χ3v) is 4.28. The summed E-state index contributed by atoms with van der Waals surface area (Å²) in [5.41, 5.74) is 2.78. The Labute approximate surface area is 148 Å². The van der Waals surface area contributed by atoms with Crippen LogP contribution in [-0.4, -0.2) is 29.6 Å². The van der Waals surface area contributed by atoms with Crippen LogP contribution in [-0.2, 0) is 0 Å². The fourth-order valence-electron chi connectivity index (χ4n) is 2.97. The number of likely N-dealkylation sites (N-methyl/N-ethyl adjacent to an activating group) is 1. The molecular formula is C22H19NO2. The van der Waals surface area contributed by atoms with Crippen LogP contribution in [0.25, 0.3) is 0 Å². The quantitative estimate of drug-likeness (QED) is 0.806. The summed E-state index contributed by atoms with van der Waals surface area (Å²) in [6.45, 7) is 5.31. The van der Waals surface area contributed by atoms with Crippen LogP contribution >= 0.6 is 0 Å². The van der Waals surface area contributed by atoms with E-state index in [9.17, 15) is 9.59 Å². The molecule has 0 unspecified atom stereocenters. The molecule has 0 aliphatic heterocycles. The molecule has 1 aliphatic carbocycles. The van der Waals surface area contributed by atoms with Crippen LogP contribution < -0.4 is 0 Å². The molecule has 3 nitrogen and oxygen atoms in total. The molecule has 2 aromatic carbocycles. The number of benzene rings is 2. The molecule has 3 heteroatoms. The van der Waals surface area contributed by atoms with E-state index in [4.69, 9.17) is 0 Å². The van der Waals surface area contributed by atoms with E-state index in [0.29, 0.717) is 35.5 Å². The first kappa shape index (κ1) is 16.7. The van der Waals surface area contributed by atoms with Gasteiger partial charge in [0, 0.05) is 41.4 Å². The maximum Gasteiger partial charge on any atom is 0.209 e. The lowest BCUT2D eigenvalue weighted by molar-refractivity contribution is 0.0953. The van der Waals surface area contributed by atoms with Gasteiger partial charge < -0.3 is 4.90 Å². The highest BCUT2D eigenvalue weighted by atomic mass is 16.1. The molecule has 0 radical (unpaired) electrons. The van der Waals surface area contributed by atoms with Gasteiger partial charge in [-0.1, -0.05) is 42.2 Å². The summed E-state index contributed by atoms with van der Waals surface area (Å²) in [6, 6.07) is 14.9. The fourth-order valence-corrected chi connectivity index (χ4v) is 2.97. The number of hydrogen-bond donors (Lipinski definition) is 0. The van der Waals surface area contributed by atoms with Crippen molar-refractivity contribution in [2.75, 3.05) is 13.1 Å². The summed E-state index contributed by atoms with van der Waals surface area (Å²) in [7, 11) is 0. The minimum atomic E-state index is -0.158. The van der Waals surface area contributed by atoms with E-state index in [1.165, 1.54) is 6.08 Å². The summed E-state index contributed by atoms with van der Waals surface area (Å²) in [5.74, 6) is 5.84. The van der Waals surface area contributed by atoms with Gasteiger partial charge >= 0.3 is 0 Å². The van der Waals surface area contributed by atoms with Crippen molar-refractivity contribution < 1.29 is 9.59 Å². The van der Waals surface area contributed by atoms with Gasteiger partial charge in [0.15, 0.2) is 5.78 Å². The monoisotopic (exact) mass is 329 g/mol. The van der Waals surface area contributed by atoms with E-state index in [1.54, 1.807) is 18.2 Å². The average molecular weight is 329 g/mol. The lowest BCUT2D eigenvalue weighted by Crippen LogP contribution is -2.31. The van der Waals surface area contributed by atoms with Crippen LogP contribution in [0.5, 0.6) is 0 Å². The largest absolute Gasteiger partial charge is 0.369 e. The Kier molecular flexibility index (Phi) is 4.81. The van der Waals surface area contributed by atoms with Gasteiger partial charge in [-0.05, 0) is 32.0 Å². The Balaban J connectivity index is 2.05. The second-order valence-electron chi connectivity index (χ2n) is 5.74. The standard InChI is InChI=1S/C22H19NO2/c1-3-23(4-2)19-15-20(24)21-17(11-8-12-18(21)22(19)25)14-13-16-9-6-5-7-10-16/h5-12,15H,3-4H2,1-2H3. The molecule has 25 heavy (non-hydrogen) atoms. The minimum absolute atomic E-state index is 0.110. The van der Waals surface area contributed by atoms with Crippen LogP contribution in [0, 0.1) is 11.8 Å². The van der Waals surface area contributed by atoms with E-state index < -0.39 is 0 Å². The average Bonchev–Trinajstić information content (AvgIpc) is 2.65. The molecule has 0 atom stereocenters. The molecular weight excluding hydrogens is 310 g/mol. The molecule has 3 rings (SSSR count). The van der Waals surface area contributed by atoms with Crippen LogP contribution in [0.1, 0.15) is 45.7 Å². The summed E-state index contributed by atoms with van der Waals surface area (Å²) in [4.78, 5) is 27.4. The van der Waals surface area contributed by atoms with Gasteiger partial charge in [0.05, 0.1) is 5.70 Å². The zero-order valence-electron chi connectivity index (χ0n) is 14.4. The van der Waals surface area contributed by atoms with Crippen molar-refractivity contribution in [3.8, 4) is 11.8 Å². The Hall–Kier alpha value is -3.12. The van der Waals surface area contributed by atoms with Gasteiger partial charge in [-0.15, -0.1) is 0 Å². The van der Waals surface area contributed by atoms with E-state index in [1.807, 2.05) is 49.1 Å². The number of allylic oxidation sites excluding steroid dienone is 2. The Morgan fingerprint density at radius 1 is 0.880 bits per heavy atom. The number of ketones is 2. The third-order valence-electron chi connectivity index (χ3n) is 4.28. The summed E-state index contributed by atoms with van der Waals surface area (Å²) >= 11 is 0. The van der Waals surface area contributed by atoms with Crippen LogP contribution in [0.4, 0.5) is 0 Å². The van der Waals surface area contributed by atoms with E-state index in [2.05, 4.69) is 11.8 Å². The number of nitrogens with zero attached hydrogens (tertiary/aromatic N) is 1. The third kappa shape index (κ3) is 3.25. The van der Waals surface area contributed by atoms with Gasteiger partial charge in [-0.2, -0.15) is 0 Å². The second kappa shape index (κ2) is 7.19. The summed E-state index contributed by atoms with van der Waals surface area (Å²) in [5, 5.41) is 0. The summed E-state index contributed by atoms with van der Waals surface area (Å²) < 4.78 is 0. The molecule has 0 saturated heterocycles. The molecule has 0 spiro atoms. The van der Waals surface area contributed by atoms with Crippen molar-refractivity contribution in [3.63, 3.8) is 0 Å². The van der Waals surface area contributed by atoms with Crippen molar-refractivity contribution >= 4 is 11.6 Å². The lowest BCUT2D eigenvalue weighted by atomic mass is 9.88. The topological polar surface area (TPSA) is 37.4 Å². The molecule has 0 saturated carbocycles. The molecule has 0 fully saturated rings. The number of carbonyl (C=O) groups excluding carboxylic acids is 2. The summed E-state index contributed by atoms with van der Waals surface area (Å²) in [6.07, 6.45) is 1.45. The molecule has 0 aromatic heterocycles. The van der Waals surface area contributed by atoms with Gasteiger partial charge in [0.25, 0.3) is 0 Å². The van der Waals surface area contributed by atoms with Crippen molar-refractivity contribution in [2.24, 2.45) is 0 Å². The predicted molar refractivity (Wildman–Crippen MR) is 98.5 cm³/mol. The molecule has 0 amide bonds. The van der Waals surface area contributed by atoms with Crippen molar-refractivity contribution in [1.82, 2.24) is 4.90 Å². The highest BCUT2D eigenvalue weighted by Crippen LogP contribution is 2.26. The Morgan fingerprint density at radius 2 is 1.60 bits per heavy atom. The normalized spacial score (nSPS) is 12.8. The Morgan fingerprint density at radius 3 is 2.28 bits per heavy atom.